The molecule has 0 heterocycles. The Bertz CT molecular complexity index is 362. The van der Waals surface area contributed by atoms with E-state index in [4.69, 9.17) is 5.16 Å². The minimum atomic E-state index is -2.32. The van der Waals surface area contributed by atoms with E-state index in [1.165, 1.54) is 6.42 Å². The monoisotopic (exact) mass is 401 g/mol. The van der Waals surface area contributed by atoms with Gasteiger partial charge in [-0.3, -0.25) is 5.16 Å². The molecule has 0 aromatic heterocycles. The van der Waals surface area contributed by atoms with E-state index >= 15 is 0 Å². The van der Waals surface area contributed by atoms with Crippen LogP contribution < -0.4 is 24.8 Å². The van der Waals surface area contributed by atoms with Gasteiger partial charge in [0.05, 0.1) is 0 Å². The maximum Gasteiger partial charge on any atom is -0.0185 e. The first-order valence-electron chi connectivity index (χ1n) is 7.47. The summed E-state index contributed by atoms with van der Waals surface area (Å²) in [6.45, 7) is 22.4. The van der Waals surface area contributed by atoms with Crippen LogP contribution in [0.1, 0.15) is 68.7 Å². The summed E-state index contributed by atoms with van der Waals surface area (Å²) in [5, 5.41) is 5.56. The number of halogens is 2. The Kier molecular flexibility index (Phi) is 11.8. The van der Waals surface area contributed by atoms with E-state index in [1.807, 2.05) is 0 Å². The van der Waals surface area contributed by atoms with E-state index < -0.39 is 16.6 Å². The smallest absolute Gasteiger partial charge is 0.0185 e. The fourth-order valence-corrected chi connectivity index (χ4v) is 21.8. The van der Waals surface area contributed by atoms with Crippen molar-refractivity contribution < 1.29 is 41.4 Å². The van der Waals surface area contributed by atoms with Gasteiger partial charge in [0.15, 0.2) is 0 Å². The molecule has 1 aliphatic rings. The number of hydrogen-bond acceptors (Lipinski definition) is 1. The van der Waals surface area contributed by atoms with E-state index in [0.717, 1.165) is 0 Å². The summed E-state index contributed by atoms with van der Waals surface area (Å²) in [4.78, 5) is 0. The predicted octanol–water partition coefficient (Wildman–Crippen LogP) is 1.54. The minimum Gasteiger partial charge on any atom is -1.00 e. The molecule has 0 spiro atoms. The van der Waals surface area contributed by atoms with Gasteiger partial charge >= 0.3 is 119 Å². The molecule has 0 aromatic carbocycles. The molecule has 0 saturated carbocycles. The van der Waals surface area contributed by atoms with Gasteiger partial charge in [0.2, 0.25) is 0 Å². The molecule has 1 aliphatic carbocycles. The molecule has 0 saturated heterocycles. The number of rotatable bonds is 1. The molecular formula is C17H34Cl2NPTi. The van der Waals surface area contributed by atoms with Crippen molar-refractivity contribution in [3.05, 3.63) is 22.1 Å². The SMILES string of the molecule is C[C](C)(C)[Ti+2]([C]1=CC=CC1)([C](C)(C)C)[C](C)(C)C.N=P.[Cl-].[Cl-]. The van der Waals surface area contributed by atoms with Crippen molar-refractivity contribution in [2.24, 2.45) is 0 Å². The molecule has 1 rings (SSSR count). The summed E-state index contributed by atoms with van der Waals surface area (Å²) in [5.41, 5.74) is 0. The molecule has 1 N–H and O–H groups in total. The van der Waals surface area contributed by atoms with Crippen molar-refractivity contribution >= 4 is 9.03 Å². The van der Waals surface area contributed by atoms with Crippen molar-refractivity contribution in [2.45, 2.75) is 79.9 Å². The largest absolute Gasteiger partial charge is 1.00 e. The average Bonchev–Trinajstić information content (AvgIpc) is 2.67. The van der Waals surface area contributed by atoms with Gasteiger partial charge in [0, 0.05) is 0 Å². The zero-order chi connectivity index (χ0) is 16.4. The Labute approximate surface area is 157 Å². The van der Waals surface area contributed by atoms with Crippen LogP contribution in [0.2, 0.25) is 11.2 Å². The predicted molar refractivity (Wildman–Crippen MR) is 92.0 cm³/mol. The Balaban J connectivity index is -0.000000864. The van der Waals surface area contributed by atoms with Crippen LogP contribution in [0.4, 0.5) is 0 Å². The topological polar surface area (TPSA) is 23.9 Å². The van der Waals surface area contributed by atoms with Gasteiger partial charge in [0.1, 0.15) is 0 Å². The summed E-state index contributed by atoms with van der Waals surface area (Å²) in [6, 6.07) is 0. The van der Waals surface area contributed by atoms with E-state index in [0.29, 0.717) is 11.2 Å². The van der Waals surface area contributed by atoms with Gasteiger partial charge in [-0.05, 0) is 9.03 Å². The molecule has 0 unspecified atom stereocenters. The van der Waals surface area contributed by atoms with Crippen LogP contribution in [-0.2, 0) is 16.6 Å². The van der Waals surface area contributed by atoms with E-state index in [-0.39, 0.29) is 24.8 Å². The molecule has 0 amide bonds. The van der Waals surface area contributed by atoms with E-state index in [9.17, 15) is 0 Å². The van der Waals surface area contributed by atoms with Crippen LogP contribution in [0.15, 0.2) is 22.1 Å². The second kappa shape index (κ2) is 9.38. The standard InChI is InChI=1S/C5H5.3C4H9.2ClH.H2NP.Ti/c1-2-4-5-3-1;3*1-4(2)3;;;1-2;/h1-3H,4H2;3*1-3H3;2*1H;1-2H;/q;;;;;;;+2/p-2. The van der Waals surface area contributed by atoms with Crippen LogP contribution in [0.25, 0.3) is 0 Å². The van der Waals surface area contributed by atoms with Crippen molar-refractivity contribution in [1.29, 1.82) is 5.16 Å². The Morgan fingerprint density at radius 2 is 1.14 bits per heavy atom. The van der Waals surface area contributed by atoms with Gasteiger partial charge in [-0.2, -0.15) is 0 Å². The maximum absolute atomic E-state index is 5.56. The maximum atomic E-state index is 5.56. The van der Waals surface area contributed by atoms with Crippen molar-refractivity contribution in [2.75, 3.05) is 0 Å². The molecule has 0 fully saturated rings. The van der Waals surface area contributed by atoms with Gasteiger partial charge in [-0.25, -0.2) is 0 Å². The van der Waals surface area contributed by atoms with Gasteiger partial charge in [-0.15, -0.1) is 0 Å². The van der Waals surface area contributed by atoms with Crippen LogP contribution in [0, 0.1) is 5.16 Å². The van der Waals surface area contributed by atoms with Gasteiger partial charge < -0.3 is 24.8 Å². The second-order valence-electron chi connectivity index (χ2n) is 8.82. The van der Waals surface area contributed by atoms with Crippen LogP contribution in [0.3, 0.4) is 0 Å². The molecule has 0 aromatic rings. The van der Waals surface area contributed by atoms with Gasteiger partial charge in [-0.1, -0.05) is 0 Å². The third-order valence-corrected chi connectivity index (χ3v) is 17.3. The van der Waals surface area contributed by atoms with E-state index in [2.05, 4.69) is 89.6 Å². The molecule has 0 radical (unpaired) electrons. The third-order valence-electron chi connectivity index (χ3n) is 4.63. The molecule has 0 atom stereocenters. The molecule has 0 aliphatic heterocycles. The first-order chi connectivity index (χ1) is 8.86. The van der Waals surface area contributed by atoms with Crippen molar-refractivity contribution in [1.82, 2.24) is 0 Å². The summed E-state index contributed by atoms with van der Waals surface area (Å²) < 4.78 is 3.07. The zero-order valence-electron chi connectivity index (χ0n) is 15.7. The van der Waals surface area contributed by atoms with Crippen LogP contribution in [-0.4, -0.2) is 0 Å². The molecule has 1 nitrogen and oxygen atoms in total. The first kappa shape index (κ1) is 27.7. The quantitative estimate of drug-likeness (QED) is 0.509. The summed E-state index contributed by atoms with van der Waals surface area (Å²) >= 11 is -2.32. The first-order valence-corrected chi connectivity index (χ1v) is 11.1. The Hall–Kier alpha value is 0.874. The fraction of sp³-hybridized carbons (Fsp3) is 0.765. The van der Waals surface area contributed by atoms with Crippen LogP contribution >= 0.6 is 9.03 Å². The molecule has 22 heavy (non-hydrogen) atoms. The summed E-state index contributed by atoms with van der Waals surface area (Å²) in [6.07, 6.45) is 8.27. The number of nitrogens with one attached hydrogen (secondary N) is 1. The van der Waals surface area contributed by atoms with Gasteiger partial charge in [0.25, 0.3) is 0 Å². The molecule has 5 heteroatoms. The normalized spacial score (nSPS) is 14.3. The zero-order valence-corrected chi connectivity index (χ0v) is 19.8. The number of allylic oxidation sites excluding steroid dienone is 4. The van der Waals surface area contributed by atoms with Crippen molar-refractivity contribution in [3.8, 4) is 0 Å². The summed E-state index contributed by atoms with van der Waals surface area (Å²) in [5.74, 6) is 0. The summed E-state index contributed by atoms with van der Waals surface area (Å²) in [7, 11) is 2.22. The molecular weight excluding hydrogens is 368 g/mol. The minimum absolute atomic E-state index is 0. The average molecular weight is 402 g/mol. The fourth-order valence-electron chi connectivity index (χ4n) is 5.55. The molecule has 130 valence electrons. The molecule has 0 bridgehead atoms. The van der Waals surface area contributed by atoms with Crippen molar-refractivity contribution in [3.63, 3.8) is 0 Å². The third kappa shape index (κ3) is 4.94. The Morgan fingerprint density at radius 1 is 0.818 bits per heavy atom. The van der Waals surface area contributed by atoms with Crippen LogP contribution in [0.5, 0.6) is 0 Å². The Morgan fingerprint density at radius 3 is 1.32 bits per heavy atom. The number of hydrogen-bond donors (Lipinski definition) is 1. The van der Waals surface area contributed by atoms with E-state index in [1.54, 1.807) is 3.88 Å². The second-order valence-corrected chi connectivity index (χ2v) is 19.2.